The first kappa shape index (κ1) is 16.3. The maximum Gasteiger partial charge on any atom is 0.224 e. The second-order valence-electron chi connectivity index (χ2n) is 5.31. The van der Waals surface area contributed by atoms with Crippen LogP contribution in [0.15, 0.2) is 30.9 Å². The van der Waals surface area contributed by atoms with Crippen LogP contribution in [0.5, 0.6) is 0 Å². The zero-order valence-corrected chi connectivity index (χ0v) is 13.5. The van der Waals surface area contributed by atoms with Crippen molar-refractivity contribution in [1.82, 2.24) is 10.2 Å². The molecule has 3 nitrogen and oxygen atoms in total. The van der Waals surface area contributed by atoms with Crippen LogP contribution in [-0.4, -0.2) is 30.4 Å². The quantitative estimate of drug-likeness (QED) is 0.840. The second-order valence-corrected chi connectivity index (χ2v) is 6.12. The summed E-state index contributed by atoms with van der Waals surface area (Å²) in [4.78, 5) is 14.3. The van der Waals surface area contributed by atoms with Crippen LogP contribution >= 0.6 is 23.2 Å². The van der Waals surface area contributed by atoms with Crippen molar-refractivity contribution in [3.8, 4) is 0 Å². The van der Waals surface area contributed by atoms with Gasteiger partial charge in [-0.15, -0.1) is 6.58 Å². The molecule has 0 saturated carbocycles. The zero-order valence-electron chi connectivity index (χ0n) is 11.9. The van der Waals surface area contributed by atoms with Gasteiger partial charge in [0.05, 0.1) is 5.92 Å². The van der Waals surface area contributed by atoms with E-state index in [0.717, 1.165) is 31.5 Å². The molecule has 1 unspecified atom stereocenters. The molecule has 1 saturated heterocycles. The lowest BCUT2D eigenvalue weighted by Crippen LogP contribution is -2.42. The van der Waals surface area contributed by atoms with Gasteiger partial charge < -0.3 is 5.32 Å². The number of carbonyl (C=O) groups excluding carboxylic acids is 1. The fourth-order valence-electron chi connectivity index (χ4n) is 2.64. The zero-order chi connectivity index (χ0) is 15.2. The van der Waals surface area contributed by atoms with E-state index in [-0.39, 0.29) is 11.8 Å². The molecular formula is C16H20Cl2N2O. The molecule has 5 heteroatoms. The van der Waals surface area contributed by atoms with Crippen molar-refractivity contribution in [3.63, 3.8) is 0 Å². The SMILES string of the molecule is C=CCNC(=O)C1CCCN(Cc2c(Cl)cccc2Cl)C1. The summed E-state index contributed by atoms with van der Waals surface area (Å²) in [5.41, 5.74) is 0.938. The molecule has 1 aliphatic heterocycles. The Kier molecular flexibility index (Phi) is 6.09. The minimum Gasteiger partial charge on any atom is -0.352 e. The van der Waals surface area contributed by atoms with Gasteiger partial charge in [-0.2, -0.15) is 0 Å². The highest BCUT2D eigenvalue weighted by molar-refractivity contribution is 6.35. The summed E-state index contributed by atoms with van der Waals surface area (Å²) < 4.78 is 0. The monoisotopic (exact) mass is 326 g/mol. The van der Waals surface area contributed by atoms with Crippen LogP contribution in [-0.2, 0) is 11.3 Å². The summed E-state index contributed by atoms with van der Waals surface area (Å²) in [6, 6.07) is 5.54. The lowest BCUT2D eigenvalue weighted by Gasteiger charge is -2.32. The predicted molar refractivity (Wildman–Crippen MR) is 87.7 cm³/mol. The molecule has 0 radical (unpaired) electrons. The molecule has 0 aliphatic carbocycles. The fourth-order valence-corrected chi connectivity index (χ4v) is 3.15. The Morgan fingerprint density at radius 3 is 2.81 bits per heavy atom. The number of likely N-dealkylation sites (tertiary alicyclic amines) is 1. The number of benzene rings is 1. The molecule has 0 aromatic heterocycles. The van der Waals surface area contributed by atoms with Gasteiger partial charge in [-0.1, -0.05) is 35.3 Å². The van der Waals surface area contributed by atoms with E-state index in [1.165, 1.54) is 0 Å². The summed E-state index contributed by atoms with van der Waals surface area (Å²) in [5, 5.41) is 4.24. The minimum atomic E-state index is 0.0277. The third-order valence-electron chi connectivity index (χ3n) is 3.74. The summed E-state index contributed by atoms with van der Waals surface area (Å²) in [5.74, 6) is 0.129. The molecule has 0 bridgehead atoms. The molecule has 1 N–H and O–H groups in total. The van der Waals surface area contributed by atoms with E-state index < -0.39 is 0 Å². The molecule has 1 aromatic rings. The number of nitrogens with zero attached hydrogens (tertiary/aromatic N) is 1. The van der Waals surface area contributed by atoms with Gasteiger partial charge in [0.2, 0.25) is 5.91 Å². The Balaban J connectivity index is 1.98. The number of hydrogen-bond donors (Lipinski definition) is 1. The number of carbonyl (C=O) groups is 1. The summed E-state index contributed by atoms with van der Waals surface area (Å²) in [7, 11) is 0. The van der Waals surface area contributed by atoms with E-state index in [1.807, 2.05) is 18.2 Å². The van der Waals surface area contributed by atoms with Gasteiger partial charge >= 0.3 is 0 Å². The lowest BCUT2D eigenvalue weighted by atomic mass is 9.96. The molecule has 1 atom stereocenters. The molecule has 114 valence electrons. The minimum absolute atomic E-state index is 0.0277. The number of rotatable bonds is 5. The van der Waals surface area contributed by atoms with Crippen molar-refractivity contribution in [1.29, 1.82) is 0 Å². The van der Waals surface area contributed by atoms with Crippen molar-refractivity contribution in [2.45, 2.75) is 19.4 Å². The topological polar surface area (TPSA) is 32.3 Å². The third kappa shape index (κ3) is 4.47. The average Bonchev–Trinajstić information content (AvgIpc) is 2.49. The van der Waals surface area contributed by atoms with Crippen molar-refractivity contribution in [2.75, 3.05) is 19.6 Å². The Morgan fingerprint density at radius 1 is 1.43 bits per heavy atom. The van der Waals surface area contributed by atoms with E-state index >= 15 is 0 Å². The number of amides is 1. The number of hydrogen-bond acceptors (Lipinski definition) is 2. The number of nitrogens with one attached hydrogen (secondary N) is 1. The maximum absolute atomic E-state index is 12.1. The predicted octanol–water partition coefficient (Wildman–Crippen LogP) is 3.51. The van der Waals surface area contributed by atoms with E-state index in [1.54, 1.807) is 6.08 Å². The van der Waals surface area contributed by atoms with Crippen LogP contribution in [0.25, 0.3) is 0 Å². The van der Waals surface area contributed by atoms with Crippen molar-refractivity contribution in [3.05, 3.63) is 46.5 Å². The number of piperidine rings is 1. The van der Waals surface area contributed by atoms with E-state index in [9.17, 15) is 4.79 Å². The van der Waals surface area contributed by atoms with Gasteiger partial charge in [0.25, 0.3) is 0 Å². The molecule has 1 fully saturated rings. The first-order valence-electron chi connectivity index (χ1n) is 7.15. The van der Waals surface area contributed by atoms with E-state index in [2.05, 4.69) is 16.8 Å². The van der Waals surface area contributed by atoms with E-state index in [0.29, 0.717) is 23.1 Å². The van der Waals surface area contributed by atoms with Gasteiger partial charge in [0.15, 0.2) is 0 Å². The van der Waals surface area contributed by atoms with Gasteiger partial charge in [-0.25, -0.2) is 0 Å². The maximum atomic E-state index is 12.1. The standard InChI is InChI=1S/C16H20Cl2N2O/c1-2-8-19-16(21)12-5-4-9-20(10-12)11-13-14(17)6-3-7-15(13)18/h2-3,6-7,12H,1,4-5,8-11H2,(H,19,21). The number of halogens is 2. The molecule has 21 heavy (non-hydrogen) atoms. The normalized spacial score (nSPS) is 19.2. The van der Waals surface area contributed by atoms with Crippen molar-refractivity contribution >= 4 is 29.1 Å². The second kappa shape index (κ2) is 7.83. The Bertz CT molecular complexity index is 499. The first-order chi connectivity index (χ1) is 10.1. The molecule has 1 amide bonds. The van der Waals surface area contributed by atoms with Gasteiger partial charge in [-0.05, 0) is 31.5 Å². The Hall–Kier alpha value is -1.03. The lowest BCUT2D eigenvalue weighted by molar-refractivity contribution is -0.126. The summed E-state index contributed by atoms with van der Waals surface area (Å²) in [6.07, 6.45) is 3.63. The molecule has 2 rings (SSSR count). The van der Waals surface area contributed by atoms with Crippen LogP contribution in [0.1, 0.15) is 18.4 Å². The van der Waals surface area contributed by atoms with E-state index in [4.69, 9.17) is 23.2 Å². The molecule has 1 heterocycles. The highest BCUT2D eigenvalue weighted by Crippen LogP contribution is 2.27. The highest BCUT2D eigenvalue weighted by Gasteiger charge is 2.26. The first-order valence-corrected chi connectivity index (χ1v) is 7.91. The van der Waals surface area contributed by atoms with Gasteiger partial charge in [0, 0.05) is 35.2 Å². The van der Waals surface area contributed by atoms with Crippen LogP contribution in [0, 0.1) is 5.92 Å². The van der Waals surface area contributed by atoms with Crippen LogP contribution in [0.4, 0.5) is 0 Å². The Morgan fingerprint density at radius 2 is 2.14 bits per heavy atom. The summed E-state index contributed by atoms with van der Waals surface area (Å²) >= 11 is 12.4. The van der Waals surface area contributed by atoms with Gasteiger partial charge in [0.1, 0.15) is 0 Å². The largest absolute Gasteiger partial charge is 0.352 e. The summed E-state index contributed by atoms with van der Waals surface area (Å²) in [6.45, 7) is 6.52. The molecular weight excluding hydrogens is 307 g/mol. The van der Waals surface area contributed by atoms with Crippen molar-refractivity contribution < 1.29 is 4.79 Å². The smallest absolute Gasteiger partial charge is 0.224 e. The third-order valence-corrected chi connectivity index (χ3v) is 4.45. The molecule has 1 aromatic carbocycles. The van der Waals surface area contributed by atoms with Crippen LogP contribution in [0.2, 0.25) is 10.0 Å². The average molecular weight is 327 g/mol. The van der Waals surface area contributed by atoms with Crippen LogP contribution < -0.4 is 5.32 Å². The van der Waals surface area contributed by atoms with Crippen molar-refractivity contribution in [2.24, 2.45) is 5.92 Å². The Labute approximate surface area is 135 Å². The fraction of sp³-hybridized carbons (Fsp3) is 0.438. The molecule has 1 aliphatic rings. The molecule has 0 spiro atoms. The van der Waals surface area contributed by atoms with Gasteiger partial charge in [-0.3, -0.25) is 9.69 Å². The van der Waals surface area contributed by atoms with Crippen LogP contribution in [0.3, 0.4) is 0 Å². The highest BCUT2D eigenvalue weighted by atomic mass is 35.5.